The van der Waals surface area contributed by atoms with Crippen LogP contribution in [0.2, 0.25) is 0 Å². The largest absolute Gasteiger partial charge is 0.396 e. The van der Waals surface area contributed by atoms with Gasteiger partial charge in [0.05, 0.1) is 6.54 Å². The second-order valence-corrected chi connectivity index (χ2v) is 4.99. The summed E-state index contributed by atoms with van der Waals surface area (Å²) in [5, 5.41) is 14.1. The third-order valence-corrected chi connectivity index (χ3v) is 3.19. The first-order valence-corrected chi connectivity index (χ1v) is 7.16. The maximum absolute atomic E-state index is 11.8. The Morgan fingerprint density at radius 1 is 1.50 bits per heavy atom. The summed E-state index contributed by atoms with van der Waals surface area (Å²) >= 11 is 1.41. The molecule has 0 unspecified atom stereocenters. The third-order valence-electron chi connectivity index (χ3n) is 2.51. The van der Waals surface area contributed by atoms with Crippen LogP contribution in [0.5, 0.6) is 0 Å². The summed E-state index contributed by atoms with van der Waals surface area (Å²) in [5.41, 5.74) is 0. The number of hydrogen-bond donors (Lipinski definition) is 2. The molecule has 0 saturated carbocycles. The lowest BCUT2D eigenvalue weighted by molar-refractivity contribution is -0.117. The lowest BCUT2D eigenvalue weighted by Crippen LogP contribution is -2.35. The van der Waals surface area contributed by atoms with E-state index in [4.69, 9.17) is 5.11 Å². The first-order valence-electron chi connectivity index (χ1n) is 6.28. The van der Waals surface area contributed by atoms with Crippen molar-refractivity contribution in [2.75, 3.05) is 31.6 Å². The molecule has 1 rings (SSSR count). The third kappa shape index (κ3) is 6.09. The normalized spacial score (nSPS) is 10.8. The predicted molar refractivity (Wildman–Crippen MR) is 73.8 cm³/mol. The van der Waals surface area contributed by atoms with Crippen molar-refractivity contribution >= 4 is 22.4 Å². The summed E-state index contributed by atoms with van der Waals surface area (Å²) in [6.45, 7) is 4.29. The molecule has 1 heterocycles. The Hall–Kier alpha value is -0.980. The zero-order valence-corrected chi connectivity index (χ0v) is 11.6. The second kappa shape index (κ2) is 9.02. The number of amides is 1. The number of thiazole rings is 1. The van der Waals surface area contributed by atoms with Crippen LogP contribution >= 0.6 is 11.3 Å². The van der Waals surface area contributed by atoms with E-state index in [9.17, 15) is 4.79 Å². The standard InChI is InChI=1S/C12H21N3O2S/c1-2-3-6-15(7-4-8-16)10-11(17)14-12-13-5-9-18-12/h5,9,16H,2-4,6-8,10H2,1H3,(H,13,14,17). The van der Waals surface area contributed by atoms with Crippen LogP contribution in [0.3, 0.4) is 0 Å². The van der Waals surface area contributed by atoms with Gasteiger partial charge in [0.2, 0.25) is 5.91 Å². The second-order valence-electron chi connectivity index (χ2n) is 4.09. The van der Waals surface area contributed by atoms with Crippen molar-refractivity contribution in [3.8, 4) is 0 Å². The van der Waals surface area contributed by atoms with Crippen LogP contribution in [0.1, 0.15) is 26.2 Å². The molecule has 18 heavy (non-hydrogen) atoms. The van der Waals surface area contributed by atoms with Crippen molar-refractivity contribution in [2.24, 2.45) is 0 Å². The molecule has 0 fully saturated rings. The Balaban J connectivity index is 2.35. The van der Waals surface area contributed by atoms with Crippen molar-refractivity contribution in [3.05, 3.63) is 11.6 Å². The van der Waals surface area contributed by atoms with E-state index in [0.717, 1.165) is 25.9 Å². The highest BCUT2D eigenvalue weighted by atomic mass is 32.1. The predicted octanol–water partition coefficient (Wildman–Crippen LogP) is 1.57. The minimum absolute atomic E-state index is 0.0426. The van der Waals surface area contributed by atoms with E-state index in [0.29, 0.717) is 18.1 Å². The van der Waals surface area contributed by atoms with Gasteiger partial charge in [0.1, 0.15) is 0 Å². The van der Waals surface area contributed by atoms with Gasteiger partial charge in [-0.2, -0.15) is 0 Å². The van der Waals surface area contributed by atoms with Gasteiger partial charge in [-0.25, -0.2) is 4.98 Å². The highest BCUT2D eigenvalue weighted by Crippen LogP contribution is 2.10. The van der Waals surface area contributed by atoms with E-state index in [1.54, 1.807) is 6.20 Å². The number of carbonyl (C=O) groups excluding carboxylic acids is 1. The van der Waals surface area contributed by atoms with E-state index in [1.165, 1.54) is 11.3 Å². The number of aromatic nitrogens is 1. The zero-order valence-electron chi connectivity index (χ0n) is 10.8. The van der Waals surface area contributed by atoms with Crippen molar-refractivity contribution in [1.82, 2.24) is 9.88 Å². The molecular formula is C12H21N3O2S. The fraction of sp³-hybridized carbons (Fsp3) is 0.667. The average Bonchev–Trinajstić information content (AvgIpc) is 2.85. The maximum Gasteiger partial charge on any atom is 0.240 e. The van der Waals surface area contributed by atoms with Crippen LogP contribution in [0, 0.1) is 0 Å². The van der Waals surface area contributed by atoms with Crippen molar-refractivity contribution in [3.63, 3.8) is 0 Å². The molecule has 0 bridgehead atoms. The summed E-state index contributed by atoms with van der Waals surface area (Å²) in [5.74, 6) is -0.0426. The molecule has 1 aromatic heterocycles. The summed E-state index contributed by atoms with van der Waals surface area (Å²) < 4.78 is 0. The molecule has 0 atom stereocenters. The summed E-state index contributed by atoms with van der Waals surface area (Å²) in [4.78, 5) is 17.9. The molecule has 5 nitrogen and oxygen atoms in total. The quantitative estimate of drug-likeness (QED) is 0.715. The average molecular weight is 271 g/mol. The highest BCUT2D eigenvalue weighted by Gasteiger charge is 2.10. The van der Waals surface area contributed by atoms with E-state index in [1.807, 2.05) is 5.38 Å². The number of rotatable bonds is 9. The number of anilines is 1. The smallest absolute Gasteiger partial charge is 0.240 e. The van der Waals surface area contributed by atoms with Gasteiger partial charge in [0, 0.05) is 24.7 Å². The van der Waals surface area contributed by atoms with Crippen LogP contribution in [-0.4, -0.2) is 47.1 Å². The first kappa shape index (κ1) is 15.1. The van der Waals surface area contributed by atoms with Gasteiger partial charge < -0.3 is 10.4 Å². The summed E-state index contributed by atoms with van der Waals surface area (Å²) in [7, 11) is 0. The number of unbranched alkanes of at least 4 members (excludes halogenated alkanes) is 1. The molecule has 1 aromatic rings. The zero-order chi connectivity index (χ0) is 13.2. The molecule has 0 aliphatic carbocycles. The summed E-state index contributed by atoms with van der Waals surface area (Å²) in [6, 6.07) is 0. The van der Waals surface area contributed by atoms with E-state index in [2.05, 4.69) is 22.1 Å². The van der Waals surface area contributed by atoms with Gasteiger partial charge in [-0.3, -0.25) is 9.69 Å². The summed E-state index contributed by atoms with van der Waals surface area (Å²) in [6.07, 6.45) is 4.54. The topological polar surface area (TPSA) is 65.5 Å². The Morgan fingerprint density at radius 3 is 2.89 bits per heavy atom. The number of aliphatic hydroxyl groups is 1. The monoisotopic (exact) mass is 271 g/mol. The molecule has 0 radical (unpaired) electrons. The van der Waals surface area contributed by atoms with Gasteiger partial charge in [0.25, 0.3) is 0 Å². The molecule has 0 aromatic carbocycles. The number of hydrogen-bond acceptors (Lipinski definition) is 5. The molecule has 6 heteroatoms. The Labute approximate surface area is 112 Å². The van der Waals surface area contributed by atoms with Crippen LogP contribution in [0.25, 0.3) is 0 Å². The fourth-order valence-electron chi connectivity index (χ4n) is 1.59. The molecule has 102 valence electrons. The van der Waals surface area contributed by atoms with Crippen LogP contribution < -0.4 is 5.32 Å². The molecule has 0 saturated heterocycles. The van der Waals surface area contributed by atoms with Gasteiger partial charge in [-0.05, 0) is 19.4 Å². The number of aliphatic hydroxyl groups excluding tert-OH is 1. The maximum atomic E-state index is 11.8. The molecule has 2 N–H and O–H groups in total. The van der Waals surface area contributed by atoms with E-state index < -0.39 is 0 Å². The minimum Gasteiger partial charge on any atom is -0.396 e. The number of carbonyl (C=O) groups is 1. The fourth-order valence-corrected chi connectivity index (χ4v) is 2.14. The van der Waals surface area contributed by atoms with Crippen molar-refractivity contribution < 1.29 is 9.90 Å². The number of nitrogens with zero attached hydrogens (tertiary/aromatic N) is 2. The molecular weight excluding hydrogens is 250 g/mol. The van der Waals surface area contributed by atoms with Gasteiger partial charge >= 0.3 is 0 Å². The van der Waals surface area contributed by atoms with Crippen LogP contribution in [-0.2, 0) is 4.79 Å². The van der Waals surface area contributed by atoms with Crippen LogP contribution in [0.15, 0.2) is 11.6 Å². The SMILES string of the molecule is CCCCN(CCCO)CC(=O)Nc1nccs1. The van der Waals surface area contributed by atoms with Gasteiger partial charge in [-0.15, -0.1) is 11.3 Å². The highest BCUT2D eigenvalue weighted by molar-refractivity contribution is 7.13. The number of nitrogens with one attached hydrogen (secondary N) is 1. The van der Waals surface area contributed by atoms with Crippen molar-refractivity contribution in [2.45, 2.75) is 26.2 Å². The van der Waals surface area contributed by atoms with E-state index >= 15 is 0 Å². The van der Waals surface area contributed by atoms with E-state index in [-0.39, 0.29) is 12.5 Å². The molecule has 0 aliphatic rings. The first-order chi connectivity index (χ1) is 8.76. The lowest BCUT2D eigenvalue weighted by atomic mass is 10.3. The van der Waals surface area contributed by atoms with Crippen LogP contribution in [0.4, 0.5) is 5.13 Å². The minimum atomic E-state index is -0.0426. The molecule has 0 spiro atoms. The van der Waals surface area contributed by atoms with Gasteiger partial charge in [0.15, 0.2) is 5.13 Å². The van der Waals surface area contributed by atoms with Gasteiger partial charge in [-0.1, -0.05) is 13.3 Å². The Bertz CT molecular complexity index is 322. The molecule has 0 aliphatic heterocycles. The van der Waals surface area contributed by atoms with Crippen molar-refractivity contribution in [1.29, 1.82) is 0 Å². The lowest BCUT2D eigenvalue weighted by Gasteiger charge is -2.20. The Kier molecular flexibility index (Phi) is 7.55. The Morgan fingerprint density at radius 2 is 2.28 bits per heavy atom. The molecule has 1 amide bonds.